The highest BCUT2D eigenvalue weighted by Crippen LogP contribution is 2.44. The van der Waals surface area contributed by atoms with Gasteiger partial charge in [0.1, 0.15) is 0 Å². The van der Waals surface area contributed by atoms with E-state index in [-0.39, 0.29) is 0 Å². The largest absolute Gasteiger partial charge is 0.314 e. The summed E-state index contributed by atoms with van der Waals surface area (Å²) >= 11 is 1.81. The Morgan fingerprint density at radius 2 is 2.44 bits per heavy atom. The van der Waals surface area contributed by atoms with Crippen LogP contribution in [0, 0.1) is 5.92 Å². The molecule has 1 aliphatic heterocycles. The minimum Gasteiger partial charge on any atom is -0.314 e. The molecule has 0 aromatic carbocycles. The Bertz CT molecular complexity index is 345. The van der Waals surface area contributed by atoms with E-state index in [0.717, 1.165) is 19.0 Å². The number of hydrogen-bond acceptors (Lipinski definition) is 3. The molecule has 3 heteroatoms. The van der Waals surface area contributed by atoms with Crippen LogP contribution in [0.5, 0.6) is 0 Å². The number of hydrogen-bond donors (Lipinski definition) is 1. The second kappa shape index (κ2) is 4.13. The zero-order chi connectivity index (χ0) is 11.0. The van der Waals surface area contributed by atoms with Crippen LogP contribution in [0.15, 0.2) is 16.8 Å². The Kier molecular flexibility index (Phi) is 2.78. The summed E-state index contributed by atoms with van der Waals surface area (Å²) in [7, 11) is 0. The van der Waals surface area contributed by atoms with Gasteiger partial charge in [0.05, 0.1) is 0 Å². The third-order valence-electron chi connectivity index (χ3n) is 4.17. The van der Waals surface area contributed by atoms with Crippen molar-refractivity contribution in [2.45, 2.75) is 31.8 Å². The van der Waals surface area contributed by atoms with Gasteiger partial charge in [0, 0.05) is 31.7 Å². The van der Waals surface area contributed by atoms with Gasteiger partial charge in [-0.15, -0.1) is 0 Å². The van der Waals surface area contributed by atoms with Crippen molar-refractivity contribution in [2.24, 2.45) is 5.92 Å². The van der Waals surface area contributed by atoms with Crippen LogP contribution in [0.25, 0.3) is 0 Å². The number of thiophene rings is 1. The highest BCUT2D eigenvalue weighted by Gasteiger charge is 2.46. The molecule has 1 unspecified atom stereocenters. The van der Waals surface area contributed by atoms with E-state index >= 15 is 0 Å². The van der Waals surface area contributed by atoms with Gasteiger partial charge in [-0.1, -0.05) is 0 Å². The van der Waals surface area contributed by atoms with Gasteiger partial charge in [0.2, 0.25) is 0 Å². The van der Waals surface area contributed by atoms with Crippen molar-refractivity contribution in [1.82, 2.24) is 10.2 Å². The Labute approximate surface area is 102 Å². The topological polar surface area (TPSA) is 15.3 Å². The third kappa shape index (κ3) is 1.92. The zero-order valence-corrected chi connectivity index (χ0v) is 10.7. The summed E-state index contributed by atoms with van der Waals surface area (Å²) in [5.74, 6) is 0.930. The predicted molar refractivity (Wildman–Crippen MR) is 68.7 cm³/mol. The van der Waals surface area contributed by atoms with Crippen LogP contribution >= 0.6 is 11.3 Å². The van der Waals surface area contributed by atoms with Crippen LogP contribution in [0.4, 0.5) is 0 Å². The van der Waals surface area contributed by atoms with Gasteiger partial charge in [-0.05, 0) is 48.1 Å². The Morgan fingerprint density at radius 3 is 3.12 bits per heavy atom. The standard InChI is InChI=1S/C13H20N2S/c1-13(12-2-3-12)10-14-5-6-15(13)8-11-4-7-16-9-11/h4,7,9,12,14H,2-3,5-6,8,10H2,1H3. The van der Waals surface area contributed by atoms with Gasteiger partial charge >= 0.3 is 0 Å². The first-order chi connectivity index (χ1) is 7.79. The molecule has 0 amide bonds. The number of nitrogens with zero attached hydrogens (tertiary/aromatic N) is 1. The minimum atomic E-state index is 0.403. The van der Waals surface area contributed by atoms with Crippen LogP contribution in [-0.2, 0) is 6.54 Å². The smallest absolute Gasteiger partial charge is 0.0337 e. The summed E-state index contributed by atoms with van der Waals surface area (Å²) in [5, 5.41) is 8.04. The maximum atomic E-state index is 3.57. The van der Waals surface area contributed by atoms with Gasteiger partial charge in [0.15, 0.2) is 0 Å². The predicted octanol–water partition coefficient (Wildman–Crippen LogP) is 2.32. The zero-order valence-electron chi connectivity index (χ0n) is 9.91. The van der Waals surface area contributed by atoms with E-state index in [1.807, 2.05) is 11.3 Å². The molecule has 16 heavy (non-hydrogen) atoms. The van der Waals surface area contributed by atoms with E-state index in [4.69, 9.17) is 0 Å². The molecule has 0 bridgehead atoms. The maximum absolute atomic E-state index is 3.57. The van der Waals surface area contributed by atoms with Crippen molar-refractivity contribution in [3.05, 3.63) is 22.4 Å². The number of nitrogens with one attached hydrogen (secondary N) is 1. The van der Waals surface area contributed by atoms with Crippen LogP contribution < -0.4 is 5.32 Å². The maximum Gasteiger partial charge on any atom is 0.0337 e. The second-order valence-corrected chi connectivity index (χ2v) is 6.14. The summed E-state index contributed by atoms with van der Waals surface area (Å²) in [6.45, 7) is 7.10. The van der Waals surface area contributed by atoms with Crippen molar-refractivity contribution >= 4 is 11.3 Å². The number of rotatable bonds is 3. The number of piperazine rings is 1. The lowest BCUT2D eigenvalue weighted by Gasteiger charge is -2.45. The summed E-state index contributed by atoms with van der Waals surface area (Å²) in [6, 6.07) is 2.26. The third-order valence-corrected chi connectivity index (χ3v) is 4.91. The first-order valence-corrected chi connectivity index (χ1v) is 7.20. The van der Waals surface area contributed by atoms with Gasteiger partial charge in [-0.25, -0.2) is 0 Å². The van der Waals surface area contributed by atoms with Gasteiger partial charge < -0.3 is 5.32 Å². The lowest BCUT2D eigenvalue weighted by Crippen LogP contribution is -2.60. The summed E-state index contributed by atoms with van der Waals surface area (Å²) in [4.78, 5) is 2.70. The van der Waals surface area contributed by atoms with Gasteiger partial charge in [0.25, 0.3) is 0 Å². The van der Waals surface area contributed by atoms with Crippen LogP contribution in [0.2, 0.25) is 0 Å². The van der Waals surface area contributed by atoms with E-state index < -0.39 is 0 Å². The second-order valence-electron chi connectivity index (χ2n) is 5.36. The van der Waals surface area contributed by atoms with E-state index in [2.05, 4.69) is 34.0 Å². The van der Waals surface area contributed by atoms with Crippen molar-refractivity contribution in [3.63, 3.8) is 0 Å². The Morgan fingerprint density at radius 1 is 1.56 bits per heavy atom. The normalized spacial score (nSPS) is 31.8. The first-order valence-electron chi connectivity index (χ1n) is 6.26. The quantitative estimate of drug-likeness (QED) is 0.866. The molecule has 2 nitrogen and oxygen atoms in total. The molecule has 88 valence electrons. The molecule has 1 aliphatic carbocycles. The summed E-state index contributed by atoms with van der Waals surface area (Å²) in [6.07, 6.45) is 2.86. The minimum absolute atomic E-state index is 0.403. The van der Waals surface area contributed by atoms with Crippen molar-refractivity contribution in [1.29, 1.82) is 0 Å². The molecular weight excluding hydrogens is 216 g/mol. The van der Waals surface area contributed by atoms with E-state index in [0.29, 0.717) is 5.54 Å². The van der Waals surface area contributed by atoms with E-state index in [9.17, 15) is 0 Å². The average molecular weight is 236 g/mol. The molecule has 2 fully saturated rings. The molecule has 3 rings (SSSR count). The fourth-order valence-electron chi connectivity index (χ4n) is 2.89. The fourth-order valence-corrected chi connectivity index (χ4v) is 3.55. The van der Waals surface area contributed by atoms with Crippen molar-refractivity contribution in [2.75, 3.05) is 19.6 Å². The molecule has 1 aromatic rings. The van der Waals surface area contributed by atoms with Crippen LogP contribution in [0.3, 0.4) is 0 Å². The molecule has 2 aliphatic rings. The molecule has 0 radical (unpaired) electrons. The Hall–Kier alpha value is -0.380. The molecule has 1 aromatic heterocycles. The molecule has 0 spiro atoms. The average Bonchev–Trinajstić information content (AvgIpc) is 3.03. The van der Waals surface area contributed by atoms with E-state index in [1.54, 1.807) is 0 Å². The van der Waals surface area contributed by atoms with Crippen LogP contribution in [-0.4, -0.2) is 30.1 Å². The van der Waals surface area contributed by atoms with Crippen molar-refractivity contribution in [3.8, 4) is 0 Å². The highest BCUT2D eigenvalue weighted by molar-refractivity contribution is 7.07. The monoisotopic (exact) mass is 236 g/mol. The lowest BCUT2D eigenvalue weighted by atomic mass is 9.91. The summed E-state index contributed by atoms with van der Waals surface area (Å²) in [5.41, 5.74) is 1.89. The fraction of sp³-hybridized carbons (Fsp3) is 0.692. The SMILES string of the molecule is CC1(C2CC2)CNCCN1Cc1ccsc1. The van der Waals surface area contributed by atoms with Gasteiger partial charge in [-0.2, -0.15) is 11.3 Å². The Balaban J connectivity index is 1.75. The summed E-state index contributed by atoms with van der Waals surface area (Å²) < 4.78 is 0. The van der Waals surface area contributed by atoms with E-state index in [1.165, 1.54) is 31.5 Å². The molecule has 1 N–H and O–H groups in total. The van der Waals surface area contributed by atoms with Crippen LogP contribution in [0.1, 0.15) is 25.3 Å². The van der Waals surface area contributed by atoms with Crippen molar-refractivity contribution < 1.29 is 0 Å². The molecule has 1 saturated heterocycles. The first kappa shape index (κ1) is 10.8. The lowest BCUT2D eigenvalue weighted by molar-refractivity contribution is 0.0485. The highest BCUT2D eigenvalue weighted by atomic mass is 32.1. The van der Waals surface area contributed by atoms with Gasteiger partial charge in [-0.3, -0.25) is 4.90 Å². The molecule has 2 heterocycles. The molecule has 1 saturated carbocycles. The molecule has 1 atom stereocenters. The molecular formula is C13H20N2S.